The molecule has 1 aliphatic carbocycles. The Kier molecular flexibility index (Phi) is 7.42. The number of carbonyl (C=O) groups excluding carboxylic acids is 2. The minimum absolute atomic E-state index is 0.0317. The summed E-state index contributed by atoms with van der Waals surface area (Å²) >= 11 is 0. The maximum Gasteiger partial charge on any atom is 0.338 e. The molecule has 218 valence electrons. The number of benzene rings is 2. The van der Waals surface area contributed by atoms with Crippen LogP contribution in [0.2, 0.25) is 0 Å². The Morgan fingerprint density at radius 3 is 2.56 bits per heavy atom. The fourth-order valence-electron chi connectivity index (χ4n) is 7.67. The van der Waals surface area contributed by atoms with E-state index < -0.39 is 24.1 Å². The SMILES string of the molecule is COC(=O)[C@H]1[C@H]2C[C@@H]3c4[nH]c5ccccc5c4CCN3C[C@H]2C[C@@H](OC(=O)c2cc(C)c(OC)c(OC)c2)[C@@H]1OC. The van der Waals surface area contributed by atoms with Crippen molar-refractivity contribution < 1.29 is 33.3 Å². The van der Waals surface area contributed by atoms with Crippen molar-refractivity contribution >= 4 is 22.8 Å². The molecule has 0 bridgehead atoms. The minimum atomic E-state index is -0.619. The first kappa shape index (κ1) is 27.6. The highest BCUT2D eigenvalue weighted by molar-refractivity contribution is 5.91. The van der Waals surface area contributed by atoms with Crippen molar-refractivity contribution in [3.05, 3.63) is 58.8 Å². The summed E-state index contributed by atoms with van der Waals surface area (Å²) in [5.74, 6) is -0.152. The van der Waals surface area contributed by atoms with Crippen LogP contribution in [0.1, 0.15) is 46.1 Å². The molecule has 1 aromatic heterocycles. The Labute approximate surface area is 240 Å². The van der Waals surface area contributed by atoms with Crippen LogP contribution in [-0.4, -0.2) is 75.6 Å². The highest BCUT2D eigenvalue weighted by Gasteiger charge is 2.54. The van der Waals surface area contributed by atoms with Gasteiger partial charge in [-0.15, -0.1) is 0 Å². The average molecular weight is 563 g/mol. The van der Waals surface area contributed by atoms with Crippen molar-refractivity contribution in [2.75, 3.05) is 41.5 Å². The molecule has 2 aliphatic heterocycles. The van der Waals surface area contributed by atoms with E-state index in [1.807, 2.05) is 6.92 Å². The Bertz CT molecular complexity index is 1470. The van der Waals surface area contributed by atoms with Gasteiger partial charge in [0, 0.05) is 36.8 Å². The molecule has 9 heteroatoms. The van der Waals surface area contributed by atoms with Crippen LogP contribution < -0.4 is 9.47 Å². The van der Waals surface area contributed by atoms with Crippen LogP contribution in [0.25, 0.3) is 10.9 Å². The molecule has 3 aromatic rings. The molecular weight excluding hydrogens is 524 g/mol. The number of rotatable bonds is 6. The lowest BCUT2D eigenvalue weighted by Crippen LogP contribution is -2.58. The van der Waals surface area contributed by atoms with Crippen molar-refractivity contribution in [3.63, 3.8) is 0 Å². The molecule has 9 nitrogen and oxygen atoms in total. The third-order valence-corrected chi connectivity index (χ3v) is 9.46. The molecule has 41 heavy (non-hydrogen) atoms. The van der Waals surface area contributed by atoms with Gasteiger partial charge in [-0.05, 0) is 67.3 Å². The Hall–Kier alpha value is -3.56. The molecule has 0 unspecified atom stereocenters. The quantitative estimate of drug-likeness (QED) is 0.440. The first-order chi connectivity index (χ1) is 19.9. The topological polar surface area (TPSA) is 99.3 Å². The first-order valence-corrected chi connectivity index (χ1v) is 14.3. The molecule has 3 heterocycles. The number of methoxy groups -OCH3 is 4. The minimum Gasteiger partial charge on any atom is -0.493 e. The van der Waals surface area contributed by atoms with Crippen LogP contribution in [0.15, 0.2) is 36.4 Å². The molecule has 1 N–H and O–H groups in total. The van der Waals surface area contributed by atoms with Crippen LogP contribution in [0, 0.1) is 24.7 Å². The predicted octanol–water partition coefficient (Wildman–Crippen LogP) is 4.46. The van der Waals surface area contributed by atoms with E-state index in [-0.39, 0.29) is 23.8 Å². The van der Waals surface area contributed by atoms with Crippen molar-refractivity contribution in [1.29, 1.82) is 0 Å². The maximum atomic E-state index is 13.4. The predicted molar refractivity (Wildman–Crippen MR) is 152 cm³/mol. The molecular formula is C32H38N2O7. The highest BCUT2D eigenvalue weighted by Crippen LogP contribution is 2.50. The monoisotopic (exact) mass is 562 g/mol. The Morgan fingerprint density at radius 1 is 1.02 bits per heavy atom. The Morgan fingerprint density at radius 2 is 1.83 bits per heavy atom. The zero-order valence-electron chi connectivity index (χ0n) is 24.3. The lowest BCUT2D eigenvalue weighted by Gasteiger charge is -2.52. The number of carbonyl (C=O) groups is 2. The maximum absolute atomic E-state index is 13.4. The van der Waals surface area contributed by atoms with Gasteiger partial charge < -0.3 is 28.7 Å². The number of hydrogen-bond donors (Lipinski definition) is 1. The zero-order valence-corrected chi connectivity index (χ0v) is 24.3. The number of para-hydroxylation sites is 1. The zero-order chi connectivity index (χ0) is 28.8. The number of esters is 2. The average Bonchev–Trinajstić information content (AvgIpc) is 3.37. The fraction of sp³-hybridized carbons (Fsp3) is 0.500. The first-order valence-electron chi connectivity index (χ1n) is 14.3. The van der Waals surface area contributed by atoms with Crippen LogP contribution in [0.3, 0.4) is 0 Å². The standard InChI is InChI=1S/C32H38N2O7/c1-17-12-18(13-25(37-2)29(17)38-3)31(35)41-26-14-19-16-34-11-10-21-20-8-6-7-9-23(20)33-28(21)24(34)15-22(19)27(30(26)39-4)32(36)40-5/h6-9,12-13,19,22,24,26-27,30,33H,10-11,14-16H2,1-5H3/t19-,22+,24-,26-,27+,30+/m1/s1. The molecule has 6 atom stereocenters. The van der Waals surface area contributed by atoms with E-state index in [9.17, 15) is 9.59 Å². The number of aromatic nitrogens is 1. The summed E-state index contributed by atoms with van der Waals surface area (Å²) in [6, 6.07) is 12.0. The van der Waals surface area contributed by atoms with Gasteiger partial charge in [0.2, 0.25) is 0 Å². The van der Waals surface area contributed by atoms with E-state index in [1.165, 1.54) is 30.9 Å². The third-order valence-electron chi connectivity index (χ3n) is 9.46. The van der Waals surface area contributed by atoms with Gasteiger partial charge in [-0.25, -0.2) is 4.79 Å². The Balaban J connectivity index is 1.29. The summed E-state index contributed by atoms with van der Waals surface area (Å²) in [5.41, 5.74) is 4.91. The van der Waals surface area contributed by atoms with E-state index in [1.54, 1.807) is 26.4 Å². The molecule has 0 amide bonds. The van der Waals surface area contributed by atoms with E-state index in [4.69, 9.17) is 23.7 Å². The normalized spacial score (nSPS) is 27.3. The number of nitrogens with zero attached hydrogens (tertiary/aromatic N) is 1. The van der Waals surface area contributed by atoms with Crippen LogP contribution in [0.4, 0.5) is 0 Å². The molecule has 1 saturated heterocycles. The summed E-state index contributed by atoms with van der Waals surface area (Å²) < 4.78 is 28.3. The lowest BCUT2D eigenvalue weighted by molar-refractivity contribution is -0.176. The summed E-state index contributed by atoms with van der Waals surface area (Å²) in [5, 5.41) is 1.28. The highest BCUT2D eigenvalue weighted by atomic mass is 16.6. The number of nitrogens with one attached hydrogen (secondary N) is 1. The molecule has 0 spiro atoms. The third kappa shape index (κ3) is 4.65. The fourth-order valence-corrected chi connectivity index (χ4v) is 7.67. The molecule has 6 rings (SSSR count). The second-order valence-electron chi connectivity index (χ2n) is 11.4. The summed E-state index contributed by atoms with van der Waals surface area (Å²) in [6.07, 6.45) is 1.17. The second kappa shape index (κ2) is 11.0. The number of fused-ring (bicyclic) bond motifs is 6. The number of H-pyrrole nitrogens is 1. The van der Waals surface area contributed by atoms with E-state index >= 15 is 0 Å². The van der Waals surface area contributed by atoms with Crippen molar-refractivity contribution in [2.24, 2.45) is 17.8 Å². The van der Waals surface area contributed by atoms with E-state index in [0.717, 1.165) is 37.0 Å². The molecule has 2 fully saturated rings. The van der Waals surface area contributed by atoms with Gasteiger partial charge in [-0.2, -0.15) is 0 Å². The number of ether oxygens (including phenoxy) is 5. The number of hydrogen-bond acceptors (Lipinski definition) is 8. The van der Waals surface area contributed by atoms with Gasteiger partial charge in [-0.3, -0.25) is 9.69 Å². The van der Waals surface area contributed by atoms with Gasteiger partial charge in [0.15, 0.2) is 11.5 Å². The van der Waals surface area contributed by atoms with E-state index in [0.29, 0.717) is 23.5 Å². The smallest absolute Gasteiger partial charge is 0.338 e. The summed E-state index contributed by atoms with van der Waals surface area (Å²) in [6.45, 7) is 3.62. The second-order valence-corrected chi connectivity index (χ2v) is 11.4. The lowest BCUT2D eigenvalue weighted by atomic mass is 9.63. The van der Waals surface area contributed by atoms with E-state index in [2.05, 4.69) is 34.1 Å². The van der Waals surface area contributed by atoms with Crippen LogP contribution in [-0.2, 0) is 25.4 Å². The molecule has 0 radical (unpaired) electrons. The number of aromatic amines is 1. The molecule has 3 aliphatic rings. The van der Waals surface area contributed by atoms with Gasteiger partial charge in [0.25, 0.3) is 0 Å². The largest absolute Gasteiger partial charge is 0.493 e. The number of aryl methyl sites for hydroxylation is 1. The molecule has 2 aromatic carbocycles. The summed E-state index contributed by atoms with van der Waals surface area (Å²) in [4.78, 5) is 33.0. The van der Waals surface area contributed by atoms with Gasteiger partial charge >= 0.3 is 11.9 Å². The van der Waals surface area contributed by atoms with Crippen molar-refractivity contribution in [2.45, 2.75) is 44.4 Å². The molecule has 1 saturated carbocycles. The van der Waals surface area contributed by atoms with Gasteiger partial charge in [0.05, 0.1) is 38.9 Å². The van der Waals surface area contributed by atoms with Gasteiger partial charge in [-0.1, -0.05) is 18.2 Å². The summed E-state index contributed by atoms with van der Waals surface area (Å²) in [7, 11) is 6.09. The van der Waals surface area contributed by atoms with Crippen LogP contribution in [0.5, 0.6) is 11.5 Å². The van der Waals surface area contributed by atoms with Gasteiger partial charge in [0.1, 0.15) is 12.2 Å². The van der Waals surface area contributed by atoms with Crippen molar-refractivity contribution in [1.82, 2.24) is 9.88 Å². The van der Waals surface area contributed by atoms with Crippen molar-refractivity contribution in [3.8, 4) is 11.5 Å². The number of piperidine rings is 1. The van der Waals surface area contributed by atoms with Crippen LogP contribution >= 0.6 is 0 Å².